The van der Waals surface area contributed by atoms with Gasteiger partial charge < -0.3 is 10.2 Å². The molecule has 0 spiro atoms. The summed E-state index contributed by atoms with van der Waals surface area (Å²) in [5.74, 6) is -0.411. The lowest BCUT2D eigenvalue weighted by Crippen LogP contribution is -2.22. The Bertz CT molecular complexity index is 1110. The third kappa shape index (κ3) is 3.00. The van der Waals surface area contributed by atoms with Gasteiger partial charge in [-0.3, -0.25) is 9.48 Å². The normalized spacial score (nSPS) is 15.7. The summed E-state index contributed by atoms with van der Waals surface area (Å²) in [6.07, 6.45) is -2.81. The van der Waals surface area contributed by atoms with Gasteiger partial charge in [0, 0.05) is 29.9 Å². The minimum absolute atomic E-state index is 0.0301. The van der Waals surface area contributed by atoms with Crippen LogP contribution >= 0.6 is 0 Å². The van der Waals surface area contributed by atoms with Gasteiger partial charge in [-0.25, -0.2) is 0 Å². The lowest BCUT2D eigenvalue weighted by Gasteiger charge is -2.16. The van der Waals surface area contributed by atoms with E-state index in [4.69, 9.17) is 0 Å². The Morgan fingerprint density at radius 3 is 2.66 bits per heavy atom. The number of nitrogens with one attached hydrogen (secondary N) is 1. The van der Waals surface area contributed by atoms with Gasteiger partial charge in [-0.1, -0.05) is 18.2 Å². The number of aromatic nitrogens is 2. The lowest BCUT2D eigenvalue weighted by molar-refractivity contribution is -0.138. The Morgan fingerprint density at radius 2 is 1.90 bits per heavy atom. The van der Waals surface area contributed by atoms with Crippen LogP contribution in [-0.2, 0) is 32.4 Å². The molecule has 0 atom stereocenters. The zero-order chi connectivity index (χ0) is 20.2. The van der Waals surface area contributed by atoms with Crippen LogP contribution in [0, 0.1) is 0 Å². The molecule has 1 amide bonds. The highest BCUT2D eigenvalue weighted by atomic mass is 19.4. The number of rotatable bonds is 3. The fourth-order valence-electron chi connectivity index (χ4n) is 4.06. The molecule has 0 bridgehead atoms. The number of benzene rings is 2. The zero-order valence-corrected chi connectivity index (χ0v) is 15.3. The molecule has 8 heteroatoms. The molecule has 5 nitrogen and oxygen atoms in total. The van der Waals surface area contributed by atoms with Crippen molar-refractivity contribution >= 4 is 11.6 Å². The number of para-hydroxylation sites is 1. The van der Waals surface area contributed by atoms with Crippen molar-refractivity contribution in [1.82, 2.24) is 15.1 Å². The number of hydrogen-bond acceptors (Lipinski definition) is 3. The molecule has 2 aliphatic heterocycles. The smallest absolute Gasteiger partial charge is 0.307 e. The second-order valence-corrected chi connectivity index (χ2v) is 7.27. The number of carbonyl (C=O) groups is 1. The van der Waals surface area contributed by atoms with Gasteiger partial charge in [0.1, 0.15) is 0 Å². The minimum Gasteiger partial charge on any atom is -0.307 e. The van der Waals surface area contributed by atoms with E-state index in [9.17, 15) is 18.0 Å². The fraction of sp³-hybridized carbons (Fsp3) is 0.238. The van der Waals surface area contributed by atoms with E-state index in [0.29, 0.717) is 24.3 Å². The third-order valence-corrected chi connectivity index (χ3v) is 5.45. The summed E-state index contributed by atoms with van der Waals surface area (Å²) in [5.41, 5.74) is 2.41. The van der Waals surface area contributed by atoms with Crippen molar-refractivity contribution in [3.05, 3.63) is 82.2 Å². The Morgan fingerprint density at radius 1 is 1.10 bits per heavy atom. The van der Waals surface area contributed by atoms with Gasteiger partial charge in [-0.2, -0.15) is 18.3 Å². The van der Waals surface area contributed by atoms with Crippen molar-refractivity contribution in [2.75, 3.05) is 4.90 Å². The summed E-state index contributed by atoms with van der Waals surface area (Å²) in [7, 11) is 0. The molecule has 0 unspecified atom stereocenters. The van der Waals surface area contributed by atoms with Crippen LogP contribution in [0.4, 0.5) is 18.9 Å². The second kappa shape index (κ2) is 6.45. The molecular weight excluding hydrogens is 381 g/mol. The maximum absolute atomic E-state index is 13.8. The molecule has 0 radical (unpaired) electrons. The summed E-state index contributed by atoms with van der Waals surface area (Å²) in [6, 6.07) is 11.5. The summed E-state index contributed by atoms with van der Waals surface area (Å²) in [6.45, 7) is 1.44. The fourth-order valence-corrected chi connectivity index (χ4v) is 4.06. The van der Waals surface area contributed by atoms with E-state index in [1.54, 1.807) is 47.3 Å². The molecule has 1 N–H and O–H groups in total. The van der Waals surface area contributed by atoms with E-state index >= 15 is 0 Å². The first kappa shape index (κ1) is 17.9. The SMILES string of the molecule is O=C1c2cc(Cn3ncc4c3CNC4)cc(C(F)(F)F)c2CN1c1ccccc1. The van der Waals surface area contributed by atoms with Gasteiger partial charge >= 0.3 is 6.18 Å². The van der Waals surface area contributed by atoms with Crippen LogP contribution in [0.25, 0.3) is 0 Å². The third-order valence-electron chi connectivity index (χ3n) is 5.45. The molecule has 5 rings (SSSR count). The van der Waals surface area contributed by atoms with Crippen LogP contribution < -0.4 is 10.2 Å². The Labute approximate surface area is 164 Å². The van der Waals surface area contributed by atoms with E-state index in [1.807, 2.05) is 0 Å². The van der Waals surface area contributed by atoms with Crippen molar-refractivity contribution in [3.63, 3.8) is 0 Å². The first-order valence-electron chi connectivity index (χ1n) is 9.26. The first-order valence-corrected chi connectivity index (χ1v) is 9.26. The lowest BCUT2D eigenvalue weighted by atomic mass is 9.99. The standard InChI is InChI=1S/C21H17F3N4O/c22-21(23,24)18-7-13(11-28-19-10-25-8-14(19)9-26-28)6-16-17(18)12-27(20(16)29)15-4-2-1-3-5-15/h1-7,9,25H,8,10-12H2. The molecule has 0 fully saturated rings. The number of hydrogen-bond donors (Lipinski definition) is 1. The molecule has 1 aromatic heterocycles. The van der Waals surface area contributed by atoms with Crippen LogP contribution in [-0.4, -0.2) is 15.7 Å². The average molecular weight is 398 g/mol. The van der Waals surface area contributed by atoms with E-state index in [-0.39, 0.29) is 24.2 Å². The number of carbonyl (C=O) groups excluding carboxylic acids is 1. The van der Waals surface area contributed by atoms with E-state index < -0.39 is 17.6 Å². The first-order chi connectivity index (χ1) is 13.9. The molecule has 0 saturated carbocycles. The highest BCUT2D eigenvalue weighted by Crippen LogP contribution is 2.39. The summed E-state index contributed by atoms with van der Waals surface area (Å²) < 4.78 is 43.1. The van der Waals surface area contributed by atoms with Crippen molar-refractivity contribution < 1.29 is 18.0 Å². The molecule has 3 heterocycles. The number of halogens is 3. The monoisotopic (exact) mass is 398 g/mol. The molecule has 3 aromatic rings. The van der Waals surface area contributed by atoms with Crippen molar-refractivity contribution in [2.24, 2.45) is 0 Å². The average Bonchev–Trinajstić information content (AvgIpc) is 3.38. The molecular formula is C21H17F3N4O. The number of nitrogens with zero attached hydrogens (tertiary/aromatic N) is 3. The maximum atomic E-state index is 13.8. The molecule has 2 aromatic carbocycles. The molecule has 29 heavy (non-hydrogen) atoms. The van der Waals surface area contributed by atoms with Crippen LogP contribution in [0.1, 0.15) is 38.3 Å². The van der Waals surface area contributed by atoms with Crippen LogP contribution in [0.3, 0.4) is 0 Å². The molecule has 2 aliphatic rings. The number of fused-ring (bicyclic) bond motifs is 2. The van der Waals surface area contributed by atoms with Gasteiger partial charge in [0.2, 0.25) is 0 Å². The van der Waals surface area contributed by atoms with E-state index in [1.165, 1.54) is 4.90 Å². The van der Waals surface area contributed by atoms with Crippen molar-refractivity contribution in [3.8, 4) is 0 Å². The molecule has 0 aliphatic carbocycles. The predicted octanol–water partition coefficient (Wildman–Crippen LogP) is 3.71. The molecule has 0 saturated heterocycles. The minimum atomic E-state index is -4.54. The summed E-state index contributed by atoms with van der Waals surface area (Å²) >= 11 is 0. The van der Waals surface area contributed by atoms with Gasteiger partial charge in [-0.15, -0.1) is 0 Å². The Hall–Kier alpha value is -3.13. The predicted molar refractivity (Wildman–Crippen MR) is 100 cm³/mol. The van der Waals surface area contributed by atoms with E-state index in [0.717, 1.165) is 17.3 Å². The van der Waals surface area contributed by atoms with Crippen molar-refractivity contribution in [2.45, 2.75) is 32.4 Å². The summed E-state index contributed by atoms with van der Waals surface area (Å²) in [5, 5.41) is 7.50. The van der Waals surface area contributed by atoms with Crippen LogP contribution in [0.15, 0.2) is 48.7 Å². The number of amides is 1. The van der Waals surface area contributed by atoms with Crippen molar-refractivity contribution in [1.29, 1.82) is 0 Å². The summed E-state index contributed by atoms with van der Waals surface area (Å²) in [4.78, 5) is 14.3. The topological polar surface area (TPSA) is 50.2 Å². The quantitative estimate of drug-likeness (QED) is 0.732. The van der Waals surface area contributed by atoms with Gasteiger partial charge in [0.05, 0.1) is 30.5 Å². The largest absolute Gasteiger partial charge is 0.416 e. The van der Waals surface area contributed by atoms with E-state index in [2.05, 4.69) is 10.4 Å². The second-order valence-electron chi connectivity index (χ2n) is 7.27. The highest BCUT2D eigenvalue weighted by Gasteiger charge is 2.40. The van der Waals surface area contributed by atoms with Crippen LogP contribution in [0.5, 0.6) is 0 Å². The number of alkyl halides is 3. The highest BCUT2D eigenvalue weighted by molar-refractivity contribution is 6.10. The maximum Gasteiger partial charge on any atom is 0.416 e. The Balaban J connectivity index is 1.57. The van der Waals surface area contributed by atoms with Crippen LogP contribution in [0.2, 0.25) is 0 Å². The van der Waals surface area contributed by atoms with Gasteiger partial charge in [0.25, 0.3) is 5.91 Å². The Kier molecular flexibility index (Phi) is 3.99. The number of anilines is 1. The van der Waals surface area contributed by atoms with Gasteiger partial charge in [0.15, 0.2) is 0 Å². The van der Waals surface area contributed by atoms with Gasteiger partial charge in [-0.05, 0) is 35.4 Å². The zero-order valence-electron chi connectivity index (χ0n) is 15.3. The molecule has 148 valence electrons.